The lowest BCUT2D eigenvalue weighted by molar-refractivity contribution is 0.0391. The topological polar surface area (TPSA) is 44.6 Å². The average Bonchev–Trinajstić information content (AvgIpc) is 2.74. The van der Waals surface area contributed by atoms with Gasteiger partial charge in [-0.25, -0.2) is 0 Å². The molecule has 0 aromatic carbocycles. The third kappa shape index (κ3) is 7.45. The summed E-state index contributed by atoms with van der Waals surface area (Å²) in [5.41, 5.74) is 1.32. The fraction of sp³-hybridized carbons (Fsp3) is 0.773. The van der Waals surface area contributed by atoms with Gasteiger partial charge in [0.15, 0.2) is 0 Å². The van der Waals surface area contributed by atoms with Crippen LogP contribution in [-0.4, -0.2) is 30.6 Å². The van der Waals surface area contributed by atoms with E-state index in [4.69, 9.17) is 0 Å². The smallest absolute Gasteiger partial charge is 0.142 e. The van der Waals surface area contributed by atoms with Crippen molar-refractivity contribution in [3.05, 3.63) is 23.3 Å². The Bertz CT molecular complexity index is 478. The molecule has 1 aliphatic heterocycles. The fourth-order valence-corrected chi connectivity index (χ4v) is 3.65. The number of aliphatic hydroxyl groups is 1. The molecule has 0 aromatic rings. The molecule has 3 nitrogen and oxygen atoms in total. The average molecular weight is 349 g/mol. The maximum absolute atomic E-state index is 11.5. The van der Waals surface area contributed by atoms with Crippen LogP contribution < -0.4 is 5.32 Å². The molecule has 144 valence electrons. The van der Waals surface area contributed by atoms with Crippen LogP contribution in [0.2, 0.25) is 0 Å². The molecule has 0 aromatic heterocycles. The molecule has 0 radical (unpaired) electrons. The molecule has 1 aliphatic rings. The van der Waals surface area contributed by atoms with Crippen molar-refractivity contribution in [3.63, 3.8) is 0 Å². The van der Waals surface area contributed by atoms with Gasteiger partial charge < -0.3 is 10.1 Å². The zero-order valence-electron chi connectivity index (χ0n) is 17.3. The van der Waals surface area contributed by atoms with Crippen LogP contribution in [0.3, 0.4) is 0 Å². The zero-order valence-corrected chi connectivity index (χ0v) is 17.3. The summed E-state index contributed by atoms with van der Waals surface area (Å²) in [6.07, 6.45) is 12.9. The SMILES string of the molecule is CCC1CCNC(O)(C(=C/C(C)C=NC)/C(C)=C\CCC(C)C)CC1. The number of nitrogens with one attached hydrogen (secondary N) is 1. The standard InChI is InChI=1S/C22H40N2O/c1-7-20-11-13-22(25,24-14-12-20)21(15-18(4)16-23-6)19(5)10-8-9-17(2)3/h10,15-18,20,24-25H,7-9,11-14H2,1-6H3/b19-10-,21-15+,23-16?. The first-order valence-electron chi connectivity index (χ1n) is 10.1. The summed E-state index contributed by atoms with van der Waals surface area (Å²) in [7, 11) is 1.81. The van der Waals surface area contributed by atoms with Crippen LogP contribution in [0.25, 0.3) is 0 Å². The zero-order chi connectivity index (χ0) is 18.9. The van der Waals surface area contributed by atoms with E-state index < -0.39 is 5.72 Å². The molecule has 1 rings (SSSR count). The minimum atomic E-state index is -0.918. The Labute approximate surface area is 155 Å². The Balaban J connectivity index is 3.08. The van der Waals surface area contributed by atoms with Gasteiger partial charge >= 0.3 is 0 Å². The summed E-state index contributed by atoms with van der Waals surface area (Å²) < 4.78 is 0. The van der Waals surface area contributed by atoms with Crippen LogP contribution in [0.4, 0.5) is 0 Å². The van der Waals surface area contributed by atoms with Gasteiger partial charge in [-0.3, -0.25) is 5.32 Å². The molecule has 0 amide bonds. The number of allylic oxidation sites excluding steroid dienone is 2. The molecule has 25 heavy (non-hydrogen) atoms. The number of rotatable bonds is 8. The van der Waals surface area contributed by atoms with Crippen LogP contribution in [-0.2, 0) is 0 Å². The highest BCUT2D eigenvalue weighted by Crippen LogP contribution is 2.33. The van der Waals surface area contributed by atoms with Gasteiger partial charge in [0.25, 0.3) is 0 Å². The quantitative estimate of drug-likeness (QED) is 0.472. The second kappa shape index (κ2) is 10.9. The third-order valence-corrected chi connectivity index (χ3v) is 5.34. The normalized spacial score (nSPS) is 27.8. The first-order valence-corrected chi connectivity index (χ1v) is 10.1. The van der Waals surface area contributed by atoms with Gasteiger partial charge in [0.05, 0.1) is 0 Å². The molecule has 0 aliphatic carbocycles. The summed E-state index contributed by atoms with van der Waals surface area (Å²) in [6.45, 7) is 11.9. The summed E-state index contributed by atoms with van der Waals surface area (Å²) >= 11 is 0. The van der Waals surface area contributed by atoms with Crippen LogP contribution in [0.1, 0.15) is 73.1 Å². The Morgan fingerprint density at radius 3 is 2.64 bits per heavy atom. The van der Waals surface area contributed by atoms with Gasteiger partial charge in [0.1, 0.15) is 5.72 Å². The highest BCUT2D eigenvalue weighted by Gasteiger charge is 2.34. The highest BCUT2D eigenvalue weighted by molar-refractivity contribution is 5.63. The second-order valence-electron chi connectivity index (χ2n) is 8.09. The van der Waals surface area contributed by atoms with Crippen LogP contribution in [0.5, 0.6) is 0 Å². The summed E-state index contributed by atoms with van der Waals surface area (Å²) in [5.74, 6) is 1.62. The van der Waals surface area contributed by atoms with Crippen molar-refractivity contribution in [3.8, 4) is 0 Å². The van der Waals surface area contributed by atoms with E-state index in [1.165, 1.54) is 18.4 Å². The summed E-state index contributed by atoms with van der Waals surface area (Å²) in [4.78, 5) is 4.15. The van der Waals surface area contributed by atoms with E-state index in [0.717, 1.165) is 37.8 Å². The van der Waals surface area contributed by atoms with Crippen molar-refractivity contribution in [2.45, 2.75) is 78.9 Å². The molecule has 0 bridgehead atoms. The molecule has 0 saturated carbocycles. The number of aliphatic imine (C=N–C) groups is 1. The maximum Gasteiger partial charge on any atom is 0.142 e. The number of hydrogen-bond acceptors (Lipinski definition) is 3. The van der Waals surface area contributed by atoms with Gasteiger partial charge in [-0.15, -0.1) is 0 Å². The van der Waals surface area contributed by atoms with E-state index >= 15 is 0 Å². The van der Waals surface area contributed by atoms with Crippen molar-refractivity contribution < 1.29 is 5.11 Å². The Kier molecular flexibility index (Phi) is 9.66. The summed E-state index contributed by atoms with van der Waals surface area (Å²) in [5, 5.41) is 14.9. The van der Waals surface area contributed by atoms with E-state index in [-0.39, 0.29) is 5.92 Å². The molecule has 2 N–H and O–H groups in total. The molecular formula is C22H40N2O. The Morgan fingerprint density at radius 1 is 1.32 bits per heavy atom. The van der Waals surface area contributed by atoms with Crippen molar-refractivity contribution in [1.29, 1.82) is 0 Å². The molecule has 1 saturated heterocycles. The van der Waals surface area contributed by atoms with Crippen molar-refractivity contribution in [2.24, 2.45) is 22.7 Å². The summed E-state index contributed by atoms with van der Waals surface area (Å²) in [6, 6.07) is 0. The predicted molar refractivity (Wildman–Crippen MR) is 110 cm³/mol. The first-order chi connectivity index (χ1) is 11.8. The second-order valence-corrected chi connectivity index (χ2v) is 8.09. The van der Waals surface area contributed by atoms with Crippen LogP contribution in [0.15, 0.2) is 28.3 Å². The van der Waals surface area contributed by atoms with Crippen LogP contribution in [0, 0.1) is 17.8 Å². The van der Waals surface area contributed by atoms with Gasteiger partial charge in [-0.2, -0.15) is 0 Å². The van der Waals surface area contributed by atoms with Crippen molar-refractivity contribution in [2.75, 3.05) is 13.6 Å². The van der Waals surface area contributed by atoms with E-state index in [1.807, 2.05) is 6.21 Å². The fourth-order valence-electron chi connectivity index (χ4n) is 3.65. The Hall–Kier alpha value is -0.930. The van der Waals surface area contributed by atoms with Crippen LogP contribution >= 0.6 is 0 Å². The molecule has 1 heterocycles. The molecule has 3 heteroatoms. The first kappa shape index (κ1) is 22.1. The molecule has 1 fully saturated rings. The van der Waals surface area contributed by atoms with E-state index in [9.17, 15) is 5.11 Å². The van der Waals surface area contributed by atoms with Crippen molar-refractivity contribution >= 4 is 6.21 Å². The lowest BCUT2D eigenvalue weighted by atomic mass is 9.87. The van der Waals surface area contributed by atoms with E-state index in [2.05, 4.69) is 57.1 Å². The minimum absolute atomic E-state index is 0.212. The van der Waals surface area contributed by atoms with E-state index in [0.29, 0.717) is 11.8 Å². The number of hydrogen-bond donors (Lipinski definition) is 2. The lowest BCUT2D eigenvalue weighted by Crippen LogP contribution is -2.46. The largest absolute Gasteiger partial charge is 0.372 e. The predicted octanol–water partition coefficient (Wildman–Crippen LogP) is 5.12. The van der Waals surface area contributed by atoms with Gasteiger partial charge in [-0.1, -0.05) is 46.3 Å². The van der Waals surface area contributed by atoms with Gasteiger partial charge in [0.2, 0.25) is 0 Å². The molecule has 3 unspecified atom stereocenters. The van der Waals surface area contributed by atoms with Crippen molar-refractivity contribution in [1.82, 2.24) is 5.32 Å². The lowest BCUT2D eigenvalue weighted by Gasteiger charge is -2.32. The van der Waals surface area contributed by atoms with Gasteiger partial charge in [-0.05, 0) is 68.6 Å². The molecular weight excluding hydrogens is 308 g/mol. The third-order valence-electron chi connectivity index (χ3n) is 5.34. The minimum Gasteiger partial charge on any atom is -0.372 e. The molecule has 0 spiro atoms. The number of nitrogens with zero attached hydrogens (tertiary/aromatic N) is 1. The molecule has 3 atom stereocenters. The monoisotopic (exact) mass is 348 g/mol. The highest BCUT2D eigenvalue weighted by atomic mass is 16.3. The maximum atomic E-state index is 11.5. The Morgan fingerprint density at radius 2 is 2.04 bits per heavy atom. The van der Waals surface area contributed by atoms with E-state index in [1.54, 1.807) is 7.05 Å². The van der Waals surface area contributed by atoms with Gasteiger partial charge in [0, 0.05) is 19.2 Å².